The van der Waals surface area contributed by atoms with Crippen molar-refractivity contribution in [1.82, 2.24) is 0 Å². The number of benzene rings is 6. The molecule has 0 spiro atoms. The first-order chi connectivity index (χ1) is 24.8. The molecule has 0 saturated heterocycles. The molecule has 0 fully saturated rings. The van der Waals surface area contributed by atoms with Crippen molar-refractivity contribution in [2.75, 3.05) is 0 Å². The highest BCUT2D eigenvalue weighted by atomic mass is 28.3. The van der Waals surface area contributed by atoms with Crippen LogP contribution in [0.25, 0.3) is 44.5 Å². The summed E-state index contributed by atoms with van der Waals surface area (Å²) in [6.45, 7) is 15.5. The fourth-order valence-electron chi connectivity index (χ4n) is 10.4. The molecule has 0 N–H and O–H groups in total. The Bertz CT molecular complexity index is 2000. The third-order valence-electron chi connectivity index (χ3n) is 12.8. The Labute approximate surface area is 307 Å². The Morgan fingerprint density at radius 1 is 0.392 bits per heavy atom. The number of hydrogen-bond acceptors (Lipinski definition) is 0. The maximum absolute atomic E-state index is 2.77. The lowest BCUT2D eigenvalue weighted by molar-refractivity contribution is 0.360. The fourth-order valence-corrected chi connectivity index (χ4v) is 16.2. The van der Waals surface area contributed by atoms with Gasteiger partial charge in [-0.3, -0.25) is 0 Å². The van der Waals surface area contributed by atoms with E-state index in [1.165, 1.54) is 57.3 Å². The lowest BCUT2D eigenvalue weighted by Gasteiger charge is -2.44. The van der Waals surface area contributed by atoms with Crippen molar-refractivity contribution in [2.24, 2.45) is 23.7 Å². The predicted octanol–water partition coefficient (Wildman–Crippen LogP) is 13.7. The summed E-state index contributed by atoms with van der Waals surface area (Å²) in [6, 6.07) is 54.7. The molecule has 4 unspecified atom stereocenters. The predicted molar refractivity (Wildman–Crippen MR) is 222 cm³/mol. The second-order valence-electron chi connectivity index (χ2n) is 16.6. The van der Waals surface area contributed by atoms with Gasteiger partial charge in [0.1, 0.15) is 0 Å². The first-order valence-corrected chi connectivity index (χ1v) is 22.4. The molecule has 6 aromatic carbocycles. The molecule has 1 heteroatoms. The summed E-state index contributed by atoms with van der Waals surface area (Å²) >= 11 is 0. The zero-order valence-electron chi connectivity index (χ0n) is 31.2. The van der Waals surface area contributed by atoms with Gasteiger partial charge in [-0.05, 0) is 114 Å². The van der Waals surface area contributed by atoms with E-state index in [4.69, 9.17) is 0 Å². The van der Waals surface area contributed by atoms with Crippen LogP contribution in [-0.4, -0.2) is 8.07 Å². The summed E-state index contributed by atoms with van der Waals surface area (Å²) < 4.78 is 0. The van der Waals surface area contributed by atoms with Crippen LogP contribution in [0.5, 0.6) is 0 Å². The highest BCUT2D eigenvalue weighted by Gasteiger charge is 2.54. The lowest BCUT2D eigenvalue weighted by atomic mass is 9.89. The van der Waals surface area contributed by atoms with Crippen LogP contribution in [0, 0.1) is 23.7 Å². The van der Waals surface area contributed by atoms with E-state index < -0.39 is 8.07 Å². The minimum Gasteiger partial charge on any atom is -0.0684 e. The molecule has 256 valence electrons. The maximum Gasteiger partial charge on any atom is 0.0635 e. The largest absolute Gasteiger partial charge is 0.0684 e. The minimum atomic E-state index is -1.99. The van der Waals surface area contributed by atoms with E-state index in [1.807, 2.05) is 0 Å². The molecule has 2 aliphatic rings. The summed E-state index contributed by atoms with van der Waals surface area (Å²) in [7, 11) is -1.99. The monoisotopic (exact) mass is 680 g/mol. The van der Waals surface area contributed by atoms with Crippen LogP contribution < -0.4 is 0 Å². The third-order valence-corrected chi connectivity index (χ3v) is 17.4. The van der Waals surface area contributed by atoms with E-state index in [0.717, 1.165) is 0 Å². The van der Waals surface area contributed by atoms with Crippen molar-refractivity contribution >= 4 is 8.07 Å². The van der Waals surface area contributed by atoms with Gasteiger partial charge in [0.05, 0.1) is 8.07 Å². The van der Waals surface area contributed by atoms with Gasteiger partial charge < -0.3 is 0 Å². The summed E-state index contributed by atoms with van der Waals surface area (Å²) in [4.78, 5) is 0. The minimum absolute atomic E-state index is 0.605. The second-order valence-corrected chi connectivity index (χ2v) is 21.5. The van der Waals surface area contributed by atoms with Crippen molar-refractivity contribution in [3.8, 4) is 44.5 Å². The van der Waals surface area contributed by atoms with Crippen LogP contribution in [0.4, 0.5) is 0 Å². The zero-order valence-corrected chi connectivity index (χ0v) is 32.2. The Morgan fingerprint density at radius 2 is 0.725 bits per heavy atom. The smallest absolute Gasteiger partial charge is 0.0635 e. The molecule has 51 heavy (non-hydrogen) atoms. The SMILES string of the molecule is CC(C)C1Cc2c(-c3ccccc3-c3ccccc3)cccc2C1[Si](C)(C)C1c2cccc(-c3ccccc3-c3ccccc3)c2CC1C(C)C. The lowest BCUT2D eigenvalue weighted by Crippen LogP contribution is -2.47. The number of rotatable bonds is 8. The van der Waals surface area contributed by atoms with Gasteiger partial charge >= 0.3 is 0 Å². The molecule has 0 aromatic heterocycles. The first-order valence-electron chi connectivity index (χ1n) is 19.3. The van der Waals surface area contributed by atoms with Gasteiger partial charge in [0, 0.05) is 0 Å². The van der Waals surface area contributed by atoms with Gasteiger partial charge in [-0.25, -0.2) is 0 Å². The van der Waals surface area contributed by atoms with Crippen molar-refractivity contribution in [1.29, 1.82) is 0 Å². The fraction of sp³-hybridized carbons (Fsp3) is 0.280. The van der Waals surface area contributed by atoms with Gasteiger partial charge in [0.15, 0.2) is 0 Å². The van der Waals surface area contributed by atoms with E-state index in [-0.39, 0.29) is 0 Å². The molecule has 0 saturated carbocycles. The molecular weight excluding hydrogens is 629 g/mol. The second kappa shape index (κ2) is 13.6. The highest BCUT2D eigenvalue weighted by Crippen LogP contribution is 2.58. The van der Waals surface area contributed by atoms with Crippen LogP contribution in [0.15, 0.2) is 146 Å². The average Bonchev–Trinajstić information content (AvgIpc) is 3.77. The molecule has 0 heterocycles. The molecule has 6 aromatic rings. The van der Waals surface area contributed by atoms with Crippen LogP contribution in [0.1, 0.15) is 61.0 Å². The van der Waals surface area contributed by atoms with Gasteiger partial charge in [-0.2, -0.15) is 0 Å². The van der Waals surface area contributed by atoms with E-state index in [2.05, 4.69) is 186 Å². The third kappa shape index (κ3) is 5.84. The summed E-state index contributed by atoms with van der Waals surface area (Å²) in [6.07, 6.45) is 2.34. The molecule has 0 aliphatic heterocycles. The summed E-state index contributed by atoms with van der Waals surface area (Å²) in [5, 5.41) is 0. The molecule has 0 radical (unpaired) electrons. The van der Waals surface area contributed by atoms with Crippen LogP contribution in [0.3, 0.4) is 0 Å². The normalized spacial score (nSPS) is 19.8. The van der Waals surface area contributed by atoms with Crippen LogP contribution in [0.2, 0.25) is 13.1 Å². The van der Waals surface area contributed by atoms with Crippen molar-refractivity contribution in [3.05, 3.63) is 168 Å². The van der Waals surface area contributed by atoms with Crippen molar-refractivity contribution < 1.29 is 0 Å². The van der Waals surface area contributed by atoms with Crippen LogP contribution in [-0.2, 0) is 12.8 Å². The van der Waals surface area contributed by atoms with Crippen molar-refractivity contribution in [2.45, 2.75) is 64.7 Å². The zero-order chi connectivity index (χ0) is 35.3. The first kappa shape index (κ1) is 33.7. The van der Waals surface area contributed by atoms with Gasteiger partial charge in [0.2, 0.25) is 0 Å². The van der Waals surface area contributed by atoms with Crippen molar-refractivity contribution in [3.63, 3.8) is 0 Å². The molecule has 8 rings (SSSR count). The quantitative estimate of drug-likeness (QED) is 0.140. The Balaban J connectivity index is 1.26. The number of fused-ring (bicyclic) bond motifs is 2. The summed E-state index contributed by atoms with van der Waals surface area (Å²) in [5.74, 6) is 2.53. The molecule has 0 bridgehead atoms. The van der Waals surface area contributed by atoms with E-state index in [0.29, 0.717) is 34.8 Å². The standard InChI is InChI=1S/C50H52Si/c1-33(2)45-31-47-41(39-25-15-13-23-37(39)35-19-9-7-10-20-35)27-17-29-43(47)49(45)51(5,6)50-44-30-18-28-42(48(44)32-46(50)34(3)4)40-26-16-14-24-38(40)36-21-11-8-12-22-36/h7-30,33-34,45-46,49-50H,31-32H2,1-6H3. The summed E-state index contributed by atoms with van der Waals surface area (Å²) in [5.41, 5.74) is 18.6. The average molecular weight is 681 g/mol. The van der Waals surface area contributed by atoms with E-state index in [9.17, 15) is 0 Å². The molecule has 4 atom stereocenters. The van der Waals surface area contributed by atoms with Gasteiger partial charge in [0.25, 0.3) is 0 Å². The van der Waals surface area contributed by atoms with Crippen LogP contribution >= 0.6 is 0 Å². The topological polar surface area (TPSA) is 0 Å². The Morgan fingerprint density at radius 3 is 1.10 bits per heavy atom. The molecule has 0 amide bonds. The van der Waals surface area contributed by atoms with Gasteiger partial charge in [-0.1, -0.05) is 186 Å². The highest BCUT2D eigenvalue weighted by molar-refractivity contribution is 6.80. The Kier molecular flexibility index (Phi) is 8.97. The molecular formula is C50H52Si. The Hall–Kier alpha value is -4.46. The van der Waals surface area contributed by atoms with Gasteiger partial charge in [-0.15, -0.1) is 0 Å². The number of hydrogen-bond donors (Lipinski definition) is 0. The molecule has 2 aliphatic carbocycles. The molecule has 0 nitrogen and oxygen atoms in total. The van der Waals surface area contributed by atoms with E-state index in [1.54, 1.807) is 22.3 Å². The maximum atomic E-state index is 2.77. The van der Waals surface area contributed by atoms with E-state index >= 15 is 0 Å².